The standard InChI is InChI=1S/C55H61Cl4N8O15P3/c1-10-66-36-22-38-34(20-32(36)28(3)24-54(66,5)6)43(35-21-33-29(4)25-55(7,8)67(11-2)37(33)23-39(35)80-38)44-45(47(57)49(59)48(58)46(44)56)52(70)64(9)19-13-15-40(68)61-18-12-14-30-26-65(50-42(30)51(69)63-53(60)62-50)41-17-16-31(79-41)27-78-84(74,75)82-85(76,77)81-83(71,72)73/h20-26,31,41H,10-11,13,15-19,27H2,1-9H3,(H7-,60,61,62,63,68,69,71,72,73,74,75,76,77)/p+1/t31-,41+/m0/s1. The van der Waals surface area contributed by atoms with Gasteiger partial charge in [0.25, 0.3) is 11.5 Å². The van der Waals surface area contributed by atoms with Crippen molar-refractivity contribution >= 4 is 121 Å². The molecule has 2 unspecified atom stereocenters. The van der Waals surface area contributed by atoms with E-state index in [1.54, 1.807) is 7.05 Å². The Balaban J connectivity index is 0.947. The van der Waals surface area contributed by atoms with Crippen LogP contribution in [0.25, 0.3) is 27.8 Å². The predicted molar refractivity (Wildman–Crippen MR) is 324 cm³/mol. The van der Waals surface area contributed by atoms with Gasteiger partial charge in [-0.05, 0) is 90.2 Å². The monoisotopic (exact) mass is 1310 g/mol. The third kappa shape index (κ3) is 13.0. The molecule has 23 nitrogen and oxygen atoms in total. The number of phosphoric acid groups is 3. The summed E-state index contributed by atoms with van der Waals surface area (Å²) in [5.74, 6) is 5.62. The second kappa shape index (κ2) is 24.0. The minimum absolute atomic E-state index is 0.00277. The zero-order valence-electron chi connectivity index (χ0n) is 47.5. The quantitative estimate of drug-likeness (QED) is 0.0147. The Labute approximate surface area is 508 Å². The summed E-state index contributed by atoms with van der Waals surface area (Å²) in [6, 6.07) is 8.22. The predicted octanol–water partition coefficient (Wildman–Crippen LogP) is 9.04. The number of rotatable bonds is 17. The summed E-state index contributed by atoms with van der Waals surface area (Å²) in [5, 5.41) is 4.15. The highest BCUT2D eigenvalue weighted by atomic mass is 35.5. The Morgan fingerprint density at radius 2 is 1.62 bits per heavy atom. The molecule has 4 aliphatic heterocycles. The van der Waals surface area contributed by atoms with Crippen molar-refractivity contribution in [3.8, 4) is 23.3 Å². The van der Waals surface area contributed by atoms with E-state index in [4.69, 9.17) is 75.9 Å². The van der Waals surface area contributed by atoms with E-state index in [0.29, 0.717) is 40.9 Å². The van der Waals surface area contributed by atoms with Crippen molar-refractivity contribution in [1.82, 2.24) is 29.3 Å². The number of nitrogens with zero attached hydrogens (tertiary/aromatic N) is 5. The zero-order chi connectivity index (χ0) is 62.2. The van der Waals surface area contributed by atoms with Crippen molar-refractivity contribution < 1.29 is 65.5 Å². The van der Waals surface area contributed by atoms with Gasteiger partial charge >= 0.3 is 23.5 Å². The molecule has 0 saturated carbocycles. The van der Waals surface area contributed by atoms with Crippen LogP contribution in [-0.4, -0.2) is 108 Å². The number of fused-ring (bicyclic) bond motifs is 5. The molecule has 2 aromatic heterocycles. The van der Waals surface area contributed by atoms with Crippen LogP contribution in [0.2, 0.25) is 20.1 Å². The van der Waals surface area contributed by atoms with Crippen molar-refractivity contribution in [2.24, 2.45) is 0 Å². The summed E-state index contributed by atoms with van der Waals surface area (Å²) >= 11 is 28.4. The van der Waals surface area contributed by atoms with Crippen LogP contribution in [0, 0.1) is 11.8 Å². The van der Waals surface area contributed by atoms with E-state index in [-0.39, 0.29) is 104 Å². The molecule has 0 bridgehead atoms. The maximum Gasteiger partial charge on any atom is 0.490 e. The van der Waals surface area contributed by atoms with Crippen molar-refractivity contribution in [2.75, 3.05) is 50.5 Å². The van der Waals surface area contributed by atoms with Crippen LogP contribution in [-0.2, 0) is 36.4 Å². The number of ether oxygens (including phenoxy) is 2. The van der Waals surface area contributed by atoms with Gasteiger partial charge in [-0.2, -0.15) is 13.6 Å². The van der Waals surface area contributed by atoms with Crippen LogP contribution >= 0.6 is 69.9 Å². The smallest absolute Gasteiger partial charge is 0.456 e. The van der Waals surface area contributed by atoms with Gasteiger partial charge in [0, 0.05) is 91.4 Å². The van der Waals surface area contributed by atoms with Crippen LogP contribution in [0.3, 0.4) is 0 Å². The number of nitrogens with one attached hydrogen (secondary N) is 2. The molecule has 8 N–H and O–H groups in total. The number of aromatic nitrogens is 3. The summed E-state index contributed by atoms with van der Waals surface area (Å²) in [6.07, 6.45) is 4.70. The van der Waals surface area contributed by atoms with Gasteiger partial charge < -0.3 is 54.5 Å². The number of allylic oxidation sites excluding steroid dienone is 2. The lowest BCUT2D eigenvalue weighted by Crippen LogP contribution is -2.49. The number of carbonyl (C=O) groups excluding carboxylic acids is 2. The van der Waals surface area contributed by atoms with E-state index in [2.05, 4.69) is 125 Å². The number of hydrogen-bond donors (Lipinski definition) is 7. The average Bonchev–Trinajstić information content (AvgIpc) is 1.40. The molecule has 4 atom stereocenters. The lowest BCUT2D eigenvalue weighted by Gasteiger charge is -2.43. The van der Waals surface area contributed by atoms with Gasteiger partial charge in [-0.3, -0.25) is 23.9 Å². The molecule has 4 aliphatic rings. The molecule has 454 valence electrons. The average molecular weight is 1310 g/mol. The summed E-state index contributed by atoms with van der Waals surface area (Å²) in [5.41, 5.74) is 11.4. The van der Waals surface area contributed by atoms with Crippen molar-refractivity contribution in [3.05, 3.63) is 117 Å². The van der Waals surface area contributed by atoms with Crippen LogP contribution in [0.15, 0.2) is 47.4 Å². The number of phosphoric ester groups is 1. The number of halogens is 4. The molecule has 0 radical (unpaired) electrons. The molecule has 30 heteroatoms. The zero-order valence-corrected chi connectivity index (χ0v) is 53.2. The van der Waals surface area contributed by atoms with Crippen LogP contribution in [0.4, 0.5) is 11.6 Å². The largest absolute Gasteiger partial charge is 0.490 e. The lowest BCUT2D eigenvalue weighted by atomic mass is 9.83. The first-order chi connectivity index (χ1) is 39.7. The van der Waals surface area contributed by atoms with Crippen LogP contribution in [0.5, 0.6) is 11.5 Å². The summed E-state index contributed by atoms with van der Waals surface area (Å²) < 4.78 is 64.0. The van der Waals surface area contributed by atoms with E-state index < -0.39 is 59.8 Å². The van der Waals surface area contributed by atoms with Gasteiger partial charge in [0.15, 0.2) is 11.2 Å². The first-order valence-corrected chi connectivity index (χ1v) is 32.8. The number of nitrogens with two attached hydrogens (primary N) is 1. The van der Waals surface area contributed by atoms with E-state index in [9.17, 15) is 33.1 Å². The maximum atomic E-state index is 15.1. The maximum absolute atomic E-state index is 15.1. The number of anilines is 2. The van der Waals surface area contributed by atoms with Crippen molar-refractivity contribution in [2.45, 2.75) is 104 Å². The SMILES string of the molecule is CCN1c2cc3c(cc2C(C)=CC1(C)C)C(c1c(Cl)c(Cl)c(Cl)c(Cl)c1C(=O)N(C)CCCC(=O)NCC#Cc1cn([C@H]2CC[C@@H](COP(=O)(O)OP(=O)(O)OP(=O)(O)O)O2)c2nc(N)[nH]c(=O)c12)=c1cc2c(cc1O3)=[N+](CC)C(C)(C)C=C2C. The third-order valence-corrected chi connectivity index (χ3v) is 20.7. The molecule has 1 saturated heterocycles. The highest BCUT2D eigenvalue weighted by Crippen LogP contribution is 2.66. The number of carbonyl (C=O) groups is 2. The molecular formula is C55H62Cl4N8O15P3+. The van der Waals surface area contributed by atoms with E-state index >= 15 is 4.79 Å². The Hall–Kier alpha value is -5.34. The summed E-state index contributed by atoms with van der Waals surface area (Å²) in [6.45, 7) is 17.7. The number of likely N-dealkylation sites (N-methyl/N-ethyl adjacent to an activating group) is 2. The Bertz CT molecular complexity index is 4150. The van der Waals surface area contributed by atoms with Crippen LogP contribution < -0.4 is 41.4 Å². The van der Waals surface area contributed by atoms with E-state index in [1.807, 2.05) is 12.1 Å². The molecule has 0 spiro atoms. The highest BCUT2D eigenvalue weighted by Gasteiger charge is 2.43. The molecule has 0 aliphatic carbocycles. The second-order valence-electron chi connectivity index (χ2n) is 21.9. The van der Waals surface area contributed by atoms with Gasteiger partial charge in [0.05, 0.1) is 67.5 Å². The number of H-pyrrole nitrogens is 1. The summed E-state index contributed by atoms with van der Waals surface area (Å²) in [4.78, 5) is 89.0. The van der Waals surface area contributed by atoms with E-state index in [0.717, 1.165) is 33.3 Å². The summed E-state index contributed by atoms with van der Waals surface area (Å²) in [7, 11) is -15.2. The lowest BCUT2D eigenvalue weighted by molar-refractivity contribution is -0.121. The molecule has 85 heavy (non-hydrogen) atoms. The molecule has 2 amide bonds. The third-order valence-electron chi connectivity index (χ3n) is 15.1. The van der Waals surface area contributed by atoms with Gasteiger partial charge in [0.1, 0.15) is 24.3 Å². The number of benzene rings is 3. The fourth-order valence-electron chi connectivity index (χ4n) is 11.6. The topological polar surface area (TPSA) is 311 Å². The normalized spacial score (nSPS) is 19.0. The first kappa shape index (κ1) is 64.1. The van der Waals surface area contributed by atoms with E-state index in [1.165, 1.54) is 15.7 Å². The number of amides is 2. The van der Waals surface area contributed by atoms with Crippen molar-refractivity contribution in [1.29, 1.82) is 0 Å². The fraction of sp³-hybridized carbons (Fsp3) is 0.400. The molecule has 1 fully saturated rings. The second-order valence-corrected chi connectivity index (χ2v) is 27.8. The Morgan fingerprint density at radius 3 is 2.31 bits per heavy atom. The van der Waals surface area contributed by atoms with Gasteiger partial charge in [-0.25, -0.2) is 18.3 Å². The Kier molecular flexibility index (Phi) is 18.1. The number of aromatic amines is 1. The highest BCUT2D eigenvalue weighted by molar-refractivity contribution is 7.66. The molecular weight excluding hydrogens is 1250 g/mol. The van der Waals surface area contributed by atoms with Gasteiger partial charge in [-0.1, -0.05) is 64.3 Å². The molecule has 6 heterocycles. The fourth-order valence-corrected chi connectivity index (χ4v) is 15.7. The Morgan fingerprint density at radius 1 is 0.929 bits per heavy atom. The minimum atomic E-state index is -5.74. The van der Waals surface area contributed by atoms with Crippen LogP contribution in [0.1, 0.15) is 125 Å². The van der Waals surface area contributed by atoms with Gasteiger partial charge in [0.2, 0.25) is 17.2 Å². The minimum Gasteiger partial charge on any atom is -0.456 e. The number of hydrogen-bond acceptors (Lipinski definition) is 14. The molecule has 9 rings (SSSR count). The molecule has 5 aromatic rings. The van der Waals surface area contributed by atoms with Gasteiger partial charge in [-0.15, -0.1) is 0 Å². The number of nitrogen functional groups attached to an aromatic ring is 1. The molecule has 3 aromatic carbocycles. The first-order valence-electron chi connectivity index (χ1n) is 26.7. The van der Waals surface area contributed by atoms with Crippen molar-refractivity contribution in [3.63, 3.8) is 0 Å².